The van der Waals surface area contributed by atoms with E-state index < -0.39 is 0 Å². The summed E-state index contributed by atoms with van der Waals surface area (Å²) in [5, 5.41) is 0. The second-order valence-corrected chi connectivity index (χ2v) is 7.96. The Morgan fingerprint density at radius 3 is 2.27 bits per heavy atom. The maximum atomic E-state index is 6.31. The van der Waals surface area contributed by atoms with Gasteiger partial charge in [-0.2, -0.15) is 0 Å². The lowest BCUT2D eigenvalue weighted by atomic mass is 10.1. The van der Waals surface area contributed by atoms with Crippen LogP contribution in [0, 0.1) is 13.8 Å². The summed E-state index contributed by atoms with van der Waals surface area (Å²) in [5.41, 5.74) is 3.54. The maximum Gasteiger partial charge on any atom is 0.142 e. The van der Waals surface area contributed by atoms with E-state index in [-0.39, 0.29) is 6.04 Å². The highest BCUT2D eigenvalue weighted by atomic mass is 16.5. The third-order valence-electron chi connectivity index (χ3n) is 5.74. The zero-order chi connectivity index (χ0) is 21.3. The van der Waals surface area contributed by atoms with Crippen molar-refractivity contribution in [2.24, 2.45) is 0 Å². The summed E-state index contributed by atoms with van der Waals surface area (Å²) in [6.45, 7) is 12.4. The first-order valence-corrected chi connectivity index (χ1v) is 11.0. The van der Waals surface area contributed by atoms with Gasteiger partial charge in [-0.25, -0.2) is 0 Å². The molecule has 1 aliphatic rings. The summed E-state index contributed by atoms with van der Waals surface area (Å²) < 4.78 is 17.8. The van der Waals surface area contributed by atoms with Crippen molar-refractivity contribution in [1.82, 2.24) is 4.90 Å². The molecule has 30 heavy (non-hydrogen) atoms. The number of nitrogens with zero attached hydrogens (tertiary/aromatic N) is 2. The normalized spacial score (nSPS) is 15.8. The number of para-hydroxylation sites is 3. The second kappa shape index (κ2) is 11.2. The Kier molecular flexibility index (Phi) is 8.40. The van der Waals surface area contributed by atoms with Crippen LogP contribution in [0.4, 0.5) is 5.69 Å². The molecule has 1 aliphatic heterocycles. The average Bonchev–Trinajstić information content (AvgIpc) is 2.78. The fourth-order valence-corrected chi connectivity index (χ4v) is 4.05. The molecule has 2 aromatic rings. The summed E-state index contributed by atoms with van der Waals surface area (Å²) >= 11 is 0. The first kappa shape index (κ1) is 22.4. The molecule has 0 aliphatic carbocycles. The van der Waals surface area contributed by atoms with Gasteiger partial charge >= 0.3 is 0 Å². The summed E-state index contributed by atoms with van der Waals surface area (Å²) in [4.78, 5) is 4.92. The minimum atomic E-state index is 0.246. The first-order valence-electron chi connectivity index (χ1n) is 11.0. The van der Waals surface area contributed by atoms with Crippen molar-refractivity contribution in [2.75, 3.05) is 58.0 Å². The van der Waals surface area contributed by atoms with E-state index in [0.717, 1.165) is 50.7 Å². The van der Waals surface area contributed by atoms with Crippen molar-refractivity contribution in [1.29, 1.82) is 0 Å². The molecule has 5 nitrogen and oxygen atoms in total. The predicted octanol–water partition coefficient (Wildman–Crippen LogP) is 4.31. The Labute approximate surface area is 181 Å². The standard InChI is InChI=1S/C25H36N2O3/c1-5-17-29-18-22(19-30-25-20(2)9-8-10-21(25)3)26-13-15-27(16-14-26)23-11-6-7-12-24(23)28-4/h6-12,22H,5,13-19H2,1-4H3. The number of benzene rings is 2. The third-order valence-corrected chi connectivity index (χ3v) is 5.74. The van der Waals surface area contributed by atoms with Gasteiger partial charge in [-0.1, -0.05) is 37.3 Å². The molecule has 3 rings (SSSR count). The highest BCUT2D eigenvalue weighted by molar-refractivity contribution is 5.58. The molecular formula is C25H36N2O3. The largest absolute Gasteiger partial charge is 0.495 e. The van der Waals surface area contributed by atoms with Crippen LogP contribution in [0.2, 0.25) is 0 Å². The van der Waals surface area contributed by atoms with Crippen molar-refractivity contribution in [3.63, 3.8) is 0 Å². The van der Waals surface area contributed by atoms with E-state index in [4.69, 9.17) is 14.2 Å². The Morgan fingerprint density at radius 2 is 1.60 bits per heavy atom. The summed E-state index contributed by atoms with van der Waals surface area (Å²) in [6, 6.07) is 14.8. The van der Waals surface area contributed by atoms with Crippen molar-refractivity contribution < 1.29 is 14.2 Å². The minimum absolute atomic E-state index is 0.246. The van der Waals surface area contributed by atoms with Crippen molar-refractivity contribution in [3.05, 3.63) is 53.6 Å². The zero-order valence-electron chi connectivity index (χ0n) is 18.9. The van der Waals surface area contributed by atoms with Gasteiger partial charge in [-0.15, -0.1) is 0 Å². The molecule has 1 unspecified atom stereocenters. The Hall–Kier alpha value is -2.24. The molecule has 5 heteroatoms. The smallest absolute Gasteiger partial charge is 0.142 e. The van der Waals surface area contributed by atoms with Crippen LogP contribution in [-0.4, -0.2) is 64.1 Å². The van der Waals surface area contributed by atoms with Gasteiger partial charge in [0.2, 0.25) is 0 Å². The number of anilines is 1. The van der Waals surface area contributed by atoms with Crippen molar-refractivity contribution >= 4 is 5.69 Å². The number of rotatable bonds is 10. The van der Waals surface area contributed by atoms with Crippen LogP contribution in [0.1, 0.15) is 24.5 Å². The molecule has 0 bridgehead atoms. The van der Waals surface area contributed by atoms with Crippen LogP contribution >= 0.6 is 0 Å². The van der Waals surface area contributed by atoms with Crippen LogP contribution in [0.5, 0.6) is 11.5 Å². The number of ether oxygens (including phenoxy) is 3. The van der Waals surface area contributed by atoms with Gasteiger partial charge in [0.1, 0.15) is 18.1 Å². The lowest BCUT2D eigenvalue weighted by Gasteiger charge is -2.40. The van der Waals surface area contributed by atoms with Gasteiger partial charge in [-0.3, -0.25) is 4.90 Å². The average molecular weight is 413 g/mol. The minimum Gasteiger partial charge on any atom is -0.495 e. The van der Waals surface area contributed by atoms with E-state index in [2.05, 4.69) is 60.9 Å². The Morgan fingerprint density at radius 1 is 0.900 bits per heavy atom. The number of hydrogen-bond donors (Lipinski definition) is 0. The maximum absolute atomic E-state index is 6.31. The molecule has 1 heterocycles. The number of hydrogen-bond acceptors (Lipinski definition) is 5. The molecule has 0 amide bonds. The fraction of sp³-hybridized carbons (Fsp3) is 0.520. The predicted molar refractivity (Wildman–Crippen MR) is 123 cm³/mol. The van der Waals surface area contributed by atoms with Gasteiger partial charge in [-0.05, 0) is 43.5 Å². The van der Waals surface area contributed by atoms with Crippen LogP contribution < -0.4 is 14.4 Å². The van der Waals surface area contributed by atoms with E-state index >= 15 is 0 Å². The monoisotopic (exact) mass is 412 g/mol. The van der Waals surface area contributed by atoms with Gasteiger partial charge in [0.25, 0.3) is 0 Å². The van der Waals surface area contributed by atoms with Gasteiger partial charge in [0.05, 0.1) is 25.4 Å². The molecule has 1 fully saturated rings. The topological polar surface area (TPSA) is 34.2 Å². The Balaban J connectivity index is 1.63. The fourth-order valence-electron chi connectivity index (χ4n) is 4.05. The van der Waals surface area contributed by atoms with Gasteiger partial charge < -0.3 is 19.1 Å². The highest BCUT2D eigenvalue weighted by Gasteiger charge is 2.26. The molecule has 1 saturated heterocycles. The molecule has 0 N–H and O–H groups in total. The van der Waals surface area contributed by atoms with Crippen LogP contribution in [0.3, 0.4) is 0 Å². The number of methoxy groups -OCH3 is 1. The van der Waals surface area contributed by atoms with E-state index in [0.29, 0.717) is 13.2 Å². The Bertz CT molecular complexity index is 767. The number of piperazine rings is 1. The van der Waals surface area contributed by atoms with Crippen molar-refractivity contribution in [2.45, 2.75) is 33.2 Å². The highest BCUT2D eigenvalue weighted by Crippen LogP contribution is 2.29. The SMILES string of the molecule is CCCOCC(COc1c(C)cccc1C)N1CCN(c2ccccc2OC)CC1. The molecule has 0 saturated carbocycles. The second-order valence-electron chi connectivity index (χ2n) is 7.96. The molecule has 1 atom stereocenters. The molecule has 0 radical (unpaired) electrons. The quantitative estimate of drug-likeness (QED) is 0.543. The van der Waals surface area contributed by atoms with Crippen molar-refractivity contribution in [3.8, 4) is 11.5 Å². The first-order chi connectivity index (χ1) is 14.6. The van der Waals surface area contributed by atoms with Crippen LogP contribution in [-0.2, 0) is 4.74 Å². The van der Waals surface area contributed by atoms with E-state index in [1.165, 1.54) is 16.8 Å². The molecule has 0 aromatic heterocycles. The lowest BCUT2D eigenvalue weighted by molar-refractivity contribution is 0.0337. The van der Waals surface area contributed by atoms with E-state index in [1.807, 2.05) is 12.1 Å². The lowest BCUT2D eigenvalue weighted by Crippen LogP contribution is -2.53. The third kappa shape index (κ3) is 5.67. The van der Waals surface area contributed by atoms with E-state index in [1.54, 1.807) is 7.11 Å². The summed E-state index contributed by atoms with van der Waals surface area (Å²) in [6.07, 6.45) is 1.03. The zero-order valence-corrected chi connectivity index (χ0v) is 18.9. The van der Waals surface area contributed by atoms with E-state index in [9.17, 15) is 0 Å². The van der Waals surface area contributed by atoms with Gasteiger partial charge in [0.15, 0.2) is 0 Å². The molecular weight excluding hydrogens is 376 g/mol. The molecule has 164 valence electrons. The molecule has 2 aromatic carbocycles. The summed E-state index contributed by atoms with van der Waals surface area (Å²) in [7, 11) is 1.74. The summed E-state index contributed by atoms with van der Waals surface area (Å²) in [5.74, 6) is 1.94. The number of aryl methyl sites for hydroxylation is 2. The van der Waals surface area contributed by atoms with Crippen LogP contribution in [0.25, 0.3) is 0 Å². The van der Waals surface area contributed by atoms with Crippen LogP contribution in [0.15, 0.2) is 42.5 Å². The van der Waals surface area contributed by atoms with Gasteiger partial charge in [0, 0.05) is 32.8 Å². The molecule has 0 spiro atoms.